The molecule has 1 aromatic rings. The zero-order valence-corrected chi connectivity index (χ0v) is 8.24. The van der Waals surface area contributed by atoms with E-state index in [1.54, 1.807) is 21.0 Å². The molecule has 0 atom stereocenters. The van der Waals surface area contributed by atoms with Crippen molar-refractivity contribution in [3.8, 4) is 0 Å². The van der Waals surface area contributed by atoms with Crippen LogP contribution in [0.2, 0.25) is 0 Å². The van der Waals surface area contributed by atoms with Gasteiger partial charge in [0.1, 0.15) is 0 Å². The van der Waals surface area contributed by atoms with Crippen LogP contribution in [0.25, 0.3) is 0 Å². The highest BCUT2D eigenvalue weighted by atomic mass is 19.1. The number of rotatable bonds is 2. The molecule has 1 rings (SSSR count). The fourth-order valence-corrected chi connectivity index (χ4v) is 1.34. The first-order valence-electron chi connectivity index (χ1n) is 4.06. The molecule has 76 valence electrons. The molecule has 0 aliphatic heterocycles. The number of hydrogen-bond acceptors (Lipinski definition) is 3. The van der Waals surface area contributed by atoms with Gasteiger partial charge in [0.2, 0.25) is 5.82 Å². The minimum absolute atomic E-state index is 0.263. The van der Waals surface area contributed by atoms with Gasteiger partial charge in [-0.05, 0) is 12.5 Å². The van der Waals surface area contributed by atoms with E-state index in [-0.39, 0.29) is 5.69 Å². The third kappa shape index (κ3) is 1.66. The first-order chi connectivity index (χ1) is 6.45. The molecule has 4 nitrogen and oxygen atoms in total. The summed E-state index contributed by atoms with van der Waals surface area (Å²) in [5.74, 6) is -0.778. The molecule has 0 unspecified atom stereocenters. The Bertz CT molecular complexity index is 377. The van der Waals surface area contributed by atoms with Crippen molar-refractivity contribution in [1.82, 2.24) is 0 Å². The van der Waals surface area contributed by atoms with Gasteiger partial charge in [0.25, 0.3) is 0 Å². The van der Waals surface area contributed by atoms with E-state index in [9.17, 15) is 14.5 Å². The molecule has 0 saturated carbocycles. The third-order valence-corrected chi connectivity index (χ3v) is 1.94. The normalized spacial score (nSPS) is 10.0. The van der Waals surface area contributed by atoms with Crippen molar-refractivity contribution in [2.45, 2.75) is 6.92 Å². The second kappa shape index (κ2) is 3.61. The van der Waals surface area contributed by atoms with Gasteiger partial charge in [-0.1, -0.05) is 6.07 Å². The molecule has 14 heavy (non-hydrogen) atoms. The molecular weight excluding hydrogens is 187 g/mol. The van der Waals surface area contributed by atoms with Crippen LogP contribution in [0.3, 0.4) is 0 Å². The van der Waals surface area contributed by atoms with Crippen molar-refractivity contribution in [2.75, 3.05) is 19.0 Å². The van der Waals surface area contributed by atoms with E-state index in [0.29, 0.717) is 5.56 Å². The molecule has 0 bridgehead atoms. The second-order valence-electron chi connectivity index (χ2n) is 3.22. The molecule has 0 aromatic heterocycles. The van der Waals surface area contributed by atoms with Crippen LogP contribution in [0, 0.1) is 22.9 Å². The number of nitro benzene ring substituents is 1. The first-order valence-corrected chi connectivity index (χ1v) is 4.06. The van der Waals surface area contributed by atoms with Gasteiger partial charge in [0, 0.05) is 20.2 Å². The Morgan fingerprint density at radius 3 is 2.43 bits per heavy atom. The number of hydrogen-bond donors (Lipinski definition) is 0. The minimum Gasteiger partial charge on any atom is -0.375 e. The SMILES string of the molecule is Cc1ccc([N+](=O)[O-])c(F)c1N(C)C. The van der Waals surface area contributed by atoms with Gasteiger partial charge in [0.05, 0.1) is 10.6 Å². The lowest BCUT2D eigenvalue weighted by Gasteiger charge is -2.15. The fraction of sp³-hybridized carbons (Fsp3) is 0.333. The topological polar surface area (TPSA) is 46.4 Å². The van der Waals surface area contributed by atoms with E-state index in [1.165, 1.54) is 17.0 Å². The lowest BCUT2D eigenvalue weighted by Crippen LogP contribution is -2.13. The van der Waals surface area contributed by atoms with Gasteiger partial charge >= 0.3 is 5.69 Å². The summed E-state index contributed by atoms with van der Waals surface area (Å²) in [4.78, 5) is 11.3. The number of anilines is 1. The van der Waals surface area contributed by atoms with Crippen molar-refractivity contribution in [3.63, 3.8) is 0 Å². The summed E-state index contributed by atoms with van der Waals surface area (Å²) < 4.78 is 13.6. The molecule has 0 heterocycles. The van der Waals surface area contributed by atoms with Crippen LogP contribution in [0.4, 0.5) is 15.8 Å². The summed E-state index contributed by atoms with van der Waals surface area (Å²) >= 11 is 0. The maximum atomic E-state index is 13.6. The Balaban J connectivity index is 3.41. The molecular formula is C9H11FN2O2. The molecule has 5 heteroatoms. The standard InChI is InChI=1S/C9H11FN2O2/c1-6-4-5-7(12(13)14)8(10)9(6)11(2)3/h4-5H,1-3H3. The van der Waals surface area contributed by atoms with Gasteiger partial charge < -0.3 is 4.90 Å². The molecule has 0 N–H and O–H groups in total. The van der Waals surface area contributed by atoms with Gasteiger partial charge in [0.15, 0.2) is 0 Å². The first kappa shape index (κ1) is 10.4. The third-order valence-electron chi connectivity index (χ3n) is 1.94. The van der Waals surface area contributed by atoms with Gasteiger partial charge in [-0.15, -0.1) is 0 Å². The molecule has 0 aliphatic rings. The smallest absolute Gasteiger partial charge is 0.306 e. The summed E-state index contributed by atoms with van der Waals surface area (Å²) in [5.41, 5.74) is 0.455. The van der Waals surface area contributed by atoms with E-state index in [4.69, 9.17) is 0 Å². The molecule has 0 aliphatic carbocycles. The van der Waals surface area contributed by atoms with E-state index in [2.05, 4.69) is 0 Å². The van der Waals surface area contributed by atoms with Gasteiger partial charge in [-0.3, -0.25) is 10.1 Å². The Morgan fingerprint density at radius 1 is 1.43 bits per heavy atom. The average molecular weight is 198 g/mol. The van der Waals surface area contributed by atoms with Crippen molar-refractivity contribution < 1.29 is 9.31 Å². The monoisotopic (exact) mass is 198 g/mol. The maximum Gasteiger partial charge on any atom is 0.306 e. The zero-order valence-electron chi connectivity index (χ0n) is 8.24. The lowest BCUT2D eigenvalue weighted by molar-refractivity contribution is -0.387. The lowest BCUT2D eigenvalue weighted by atomic mass is 10.1. The van der Waals surface area contributed by atoms with Gasteiger partial charge in [-0.25, -0.2) is 0 Å². The van der Waals surface area contributed by atoms with Gasteiger partial charge in [-0.2, -0.15) is 4.39 Å². The highest BCUT2D eigenvalue weighted by molar-refractivity contribution is 5.59. The highest BCUT2D eigenvalue weighted by Crippen LogP contribution is 2.29. The predicted octanol–water partition coefficient (Wildman–Crippen LogP) is 2.11. The van der Waals surface area contributed by atoms with Crippen molar-refractivity contribution >= 4 is 11.4 Å². The summed E-state index contributed by atoms with van der Waals surface area (Å²) in [6.45, 7) is 1.71. The minimum atomic E-state index is -0.778. The van der Waals surface area contributed by atoms with E-state index >= 15 is 0 Å². The van der Waals surface area contributed by atoms with Crippen LogP contribution >= 0.6 is 0 Å². The molecule has 0 fully saturated rings. The van der Waals surface area contributed by atoms with E-state index in [0.717, 1.165) is 0 Å². The van der Waals surface area contributed by atoms with Crippen LogP contribution in [0.5, 0.6) is 0 Å². The van der Waals surface area contributed by atoms with Crippen molar-refractivity contribution in [2.24, 2.45) is 0 Å². The Labute approximate surface area is 81.1 Å². The van der Waals surface area contributed by atoms with Crippen LogP contribution < -0.4 is 4.90 Å². The van der Waals surface area contributed by atoms with Crippen LogP contribution in [0.15, 0.2) is 12.1 Å². The fourth-order valence-electron chi connectivity index (χ4n) is 1.34. The zero-order chi connectivity index (χ0) is 10.9. The van der Waals surface area contributed by atoms with Crippen LogP contribution in [-0.4, -0.2) is 19.0 Å². The Hall–Kier alpha value is -1.65. The Morgan fingerprint density at radius 2 is 2.00 bits per heavy atom. The molecule has 0 radical (unpaired) electrons. The predicted molar refractivity (Wildman–Crippen MR) is 52.1 cm³/mol. The molecule has 0 amide bonds. The van der Waals surface area contributed by atoms with Crippen LogP contribution in [0.1, 0.15) is 5.56 Å². The highest BCUT2D eigenvalue weighted by Gasteiger charge is 2.20. The number of nitrogens with zero attached hydrogens (tertiary/aromatic N) is 2. The maximum absolute atomic E-state index is 13.6. The van der Waals surface area contributed by atoms with Crippen molar-refractivity contribution in [3.05, 3.63) is 33.6 Å². The summed E-state index contributed by atoms with van der Waals surface area (Å²) in [7, 11) is 3.30. The average Bonchev–Trinajstić information content (AvgIpc) is 2.02. The van der Waals surface area contributed by atoms with E-state index < -0.39 is 16.4 Å². The molecule has 1 aromatic carbocycles. The Kier molecular flexibility index (Phi) is 2.69. The summed E-state index contributed by atoms with van der Waals surface area (Å²) in [6, 6.07) is 2.72. The largest absolute Gasteiger partial charge is 0.375 e. The number of aryl methyl sites for hydroxylation is 1. The quantitative estimate of drug-likeness (QED) is 0.540. The summed E-state index contributed by atoms with van der Waals surface area (Å²) in [6.07, 6.45) is 0. The molecule has 0 saturated heterocycles. The summed E-state index contributed by atoms with van der Waals surface area (Å²) in [5, 5.41) is 10.5. The van der Waals surface area contributed by atoms with Crippen LogP contribution in [-0.2, 0) is 0 Å². The second-order valence-corrected chi connectivity index (χ2v) is 3.22. The number of nitro groups is 1. The van der Waals surface area contributed by atoms with E-state index in [1.807, 2.05) is 0 Å². The van der Waals surface area contributed by atoms with Crippen molar-refractivity contribution in [1.29, 1.82) is 0 Å². The number of halogens is 1. The molecule has 0 spiro atoms. The number of benzene rings is 1.